The first-order valence-corrected chi connectivity index (χ1v) is 2.79. The van der Waals surface area contributed by atoms with Crippen LogP contribution < -0.4 is 24.0 Å². The second kappa shape index (κ2) is 6.98. The third-order valence-electron chi connectivity index (χ3n) is 0.699. The van der Waals surface area contributed by atoms with Crippen LogP contribution in [0.25, 0.3) is 0 Å². The number of hydrogen-bond donors (Lipinski definition) is 0. The molecule has 6 heteroatoms. The zero-order valence-electron chi connectivity index (χ0n) is 6.28. The molecule has 0 aliphatic rings. The molecule has 0 aliphatic carbocycles. The van der Waals surface area contributed by atoms with Gasteiger partial charge in [-0.25, -0.2) is 0 Å². The first-order valence-electron chi connectivity index (χ1n) is 2.79. The van der Waals surface area contributed by atoms with Crippen LogP contribution in [0.4, 0.5) is 13.2 Å². The van der Waals surface area contributed by atoms with E-state index in [1.54, 1.807) is 0 Å². The summed E-state index contributed by atoms with van der Waals surface area (Å²) < 4.78 is 38.0. The van der Waals surface area contributed by atoms with Gasteiger partial charge in [-0.2, -0.15) is 13.2 Å². The standard InChI is InChI=1S/C5H8F3O2.Li/c6-5(7,8)4-10-3-1-2-9;/h1-4H2;/q-1;+1. The topological polar surface area (TPSA) is 32.3 Å². The molecular weight excluding hydrogens is 156 g/mol. The molecule has 0 unspecified atom stereocenters. The molecule has 0 heterocycles. The molecule has 0 radical (unpaired) electrons. The Morgan fingerprint density at radius 3 is 2.18 bits per heavy atom. The summed E-state index contributed by atoms with van der Waals surface area (Å²) >= 11 is 0. The maximum absolute atomic E-state index is 11.3. The average molecular weight is 164 g/mol. The van der Waals surface area contributed by atoms with Crippen LogP contribution in [-0.4, -0.2) is 26.0 Å². The fraction of sp³-hybridized carbons (Fsp3) is 1.00. The molecule has 0 spiro atoms. The van der Waals surface area contributed by atoms with Crippen molar-refractivity contribution in [2.75, 3.05) is 19.8 Å². The van der Waals surface area contributed by atoms with Crippen LogP contribution in [0.3, 0.4) is 0 Å². The molecule has 11 heavy (non-hydrogen) atoms. The Hall–Kier alpha value is 0.307. The quantitative estimate of drug-likeness (QED) is 0.335. The minimum absolute atomic E-state index is 0. The summed E-state index contributed by atoms with van der Waals surface area (Å²) in [7, 11) is 0. The summed E-state index contributed by atoms with van der Waals surface area (Å²) in [5, 5.41) is 9.69. The Balaban J connectivity index is 0. The first-order chi connectivity index (χ1) is 4.56. The number of alkyl halides is 3. The maximum Gasteiger partial charge on any atom is 1.00 e. The zero-order chi connectivity index (χ0) is 8.04. The van der Waals surface area contributed by atoms with Crippen molar-refractivity contribution < 1.29 is 41.9 Å². The molecule has 0 atom stereocenters. The normalized spacial score (nSPS) is 10.9. The van der Waals surface area contributed by atoms with Gasteiger partial charge in [-0.1, -0.05) is 0 Å². The summed E-state index contributed by atoms with van der Waals surface area (Å²) in [6, 6.07) is 0. The molecule has 0 aromatic heterocycles. The molecular formula is C5H8F3LiO2. The summed E-state index contributed by atoms with van der Waals surface area (Å²) in [6.45, 7) is -1.76. The van der Waals surface area contributed by atoms with Gasteiger partial charge < -0.3 is 9.84 Å². The second-order valence-electron chi connectivity index (χ2n) is 1.73. The van der Waals surface area contributed by atoms with Crippen LogP contribution >= 0.6 is 0 Å². The van der Waals surface area contributed by atoms with Crippen molar-refractivity contribution in [2.45, 2.75) is 12.6 Å². The van der Waals surface area contributed by atoms with Crippen LogP contribution in [0, 0.1) is 0 Å². The first kappa shape index (κ1) is 13.9. The average Bonchev–Trinajstić information content (AvgIpc) is 1.78. The van der Waals surface area contributed by atoms with Crippen LogP contribution in [0.15, 0.2) is 0 Å². The van der Waals surface area contributed by atoms with E-state index in [-0.39, 0.29) is 31.9 Å². The molecule has 2 nitrogen and oxygen atoms in total. The second-order valence-corrected chi connectivity index (χ2v) is 1.73. The van der Waals surface area contributed by atoms with Gasteiger partial charge in [0.15, 0.2) is 0 Å². The molecule has 62 valence electrons. The van der Waals surface area contributed by atoms with Gasteiger partial charge in [0.25, 0.3) is 0 Å². The van der Waals surface area contributed by atoms with Gasteiger partial charge in [-0.15, -0.1) is 6.61 Å². The van der Waals surface area contributed by atoms with Crippen molar-refractivity contribution in [1.82, 2.24) is 0 Å². The molecule has 0 bridgehead atoms. The minimum atomic E-state index is -4.27. The maximum atomic E-state index is 11.3. The summed E-state index contributed by atoms with van der Waals surface area (Å²) in [4.78, 5) is 0. The minimum Gasteiger partial charge on any atom is -0.854 e. The fourth-order valence-electron chi connectivity index (χ4n) is 0.349. The third-order valence-corrected chi connectivity index (χ3v) is 0.699. The molecule has 0 saturated carbocycles. The van der Waals surface area contributed by atoms with Crippen LogP contribution in [0.5, 0.6) is 0 Å². The van der Waals surface area contributed by atoms with Crippen molar-refractivity contribution in [1.29, 1.82) is 0 Å². The number of rotatable bonds is 4. The van der Waals surface area contributed by atoms with Crippen LogP contribution in [0.2, 0.25) is 0 Å². The smallest absolute Gasteiger partial charge is 0.854 e. The molecule has 0 rings (SSSR count). The van der Waals surface area contributed by atoms with E-state index in [1.165, 1.54) is 0 Å². The summed E-state index contributed by atoms with van der Waals surface area (Å²) in [5.74, 6) is 0. The Morgan fingerprint density at radius 1 is 1.27 bits per heavy atom. The van der Waals surface area contributed by atoms with Crippen molar-refractivity contribution in [3.8, 4) is 0 Å². The van der Waals surface area contributed by atoms with Crippen molar-refractivity contribution >= 4 is 0 Å². The van der Waals surface area contributed by atoms with E-state index in [4.69, 9.17) is 0 Å². The van der Waals surface area contributed by atoms with Gasteiger partial charge in [0, 0.05) is 6.61 Å². The van der Waals surface area contributed by atoms with Crippen LogP contribution in [0.1, 0.15) is 6.42 Å². The Labute approximate surface area is 74.9 Å². The van der Waals surface area contributed by atoms with Gasteiger partial charge in [0.05, 0.1) is 0 Å². The van der Waals surface area contributed by atoms with E-state index in [9.17, 15) is 18.3 Å². The van der Waals surface area contributed by atoms with Gasteiger partial charge in [0.2, 0.25) is 0 Å². The number of ether oxygens (including phenoxy) is 1. The Kier molecular flexibility index (Phi) is 8.80. The monoisotopic (exact) mass is 164 g/mol. The Bertz CT molecular complexity index is 86.3. The molecule has 0 aromatic rings. The third kappa shape index (κ3) is 13.3. The van der Waals surface area contributed by atoms with E-state index in [0.29, 0.717) is 0 Å². The molecule has 0 fully saturated rings. The summed E-state index contributed by atoms with van der Waals surface area (Å²) in [6.07, 6.45) is -4.14. The number of halogens is 3. The van der Waals surface area contributed by atoms with Crippen molar-refractivity contribution in [2.24, 2.45) is 0 Å². The SMILES string of the molecule is [Li+].[O-]CCCOCC(F)(F)F. The van der Waals surface area contributed by atoms with Gasteiger partial charge in [-0.05, 0) is 6.42 Å². The van der Waals surface area contributed by atoms with E-state index < -0.39 is 19.4 Å². The molecule has 0 aromatic carbocycles. The molecule has 0 amide bonds. The largest absolute Gasteiger partial charge is 1.00 e. The van der Waals surface area contributed by atoms with Crippen LogP contribution in [-0.2, 0) is 4.74 Å². The fourth-order valence-corrected chi connectivity index (χ4v) is 0.349. The molecule has 0 aliphatic heterocycles. The number of hydrogen-bond acceptors (Lipinski definition) is 2. The predicted octanol–water partition coefficient (Wildman–Crippen LogP) is -2.68. The van der Waals surface area contributed by atoms with Crippen molar-refractivity contribution in [3.63, 3.8) is 0 Å². The molecule has 0 saturated heterocycles. The molecule has 0 N–H and O–H groups in total. The summed E-state index contributed by atoms with van der Waals surface area (Å²) in [5.41, 5.74) is 0. The van der Waals surface area contributed by atoms with E-state index in [0.717, 1.165) is 0 Å². The van der Waals surface area contributed by atoms with Gasteiger partial charge in [-0.3, -0.25) is 0 Å². The van der Waals surface area contributed by atoms with Gasteiger partial charge in [0.1, 0.15) is 6.61 Å². The zero-order valence-corrected chi connectivity index (χ0v) is 6.28. The van der Waals surface area contributed by atoms with E-state index >= 15 is 0 Å². The van der Waals surface area contributed by atoms with Crippen molar-refractivity contribution in [3.05, 3.63) is 0 Å². The van der Waals surface area contributed by atoms with Gasteiger partial charge >= 0.3 is 25.0 Å². The Morgan fingerprint density at radius 2 is 1.82 bits per heavy atom. The predicted molar refractivity (Wildman–Crippen MR) is 26.4 cm³/mol. The van der Waals surface area contributed by atoms with E-state index in [2.05, 4.69) is 4.74 Å². The van der Waals surface area contributed by atoms with E-state index in [1.807, 2.05) is 0 Å².